The predicted octanol–water partition coefficient (Wildman–Crippen LogP) is 2.96. The predicted molar refractivity (Wildman–Crippen MR) is 95.3 cm³/mol. The van der Waals surface area contributed by atoms with E-state index >= 15 is 0 Å². The molecule has 1 heterocycles. The lowest BCUT2D eigenvalue weighted by molar-refractivity contribution is -0.116. The van der Waals surface area contributed by atoms with Crippen LogP contribution in [0.2, 0.25) is 0 Å². The van der Waals surface area contributed by atoms with Gasteiger partial charge in [0.05, 0.1) is 10.9 Å². The number of aromatic nitrogens is 2. The molecule has 0 fully saturated rings. The van der Waals surface area contributed by atoms with Gasteiger partial charge < -0.3 is 5.32 Å². The molecule has 0 atom stereocenters. The van der Waals surface area contributed by atoms with Crippen LogP contribution >= 0.6 is 0 Å². The fourth-order valence-corrected chi connectivity index (χ4v) is 2.80. The standard InChI is InChI=1S/C19H19N3O2/c1-12-7-6-8-13(2)18(12)21-17(23)11-22-14(3)20-16-10-5-4-9-15(16)19(22)24/h4-10H,11H2,1-3H3,(H,21,23). The van der Waals surface area contributed by atoms with E-state index < -0.39 is 0 Å². The van der Waals surface area contributed by atoms with Crippen molar-refractivity contribution in [2.75, 3.05) is 5.32 Å². The zero-order valence-corrected chi connectivity index (χ0v) is 14.0. The molecule has 0 radical (unpaired) electrons. The van der Waals surface area contributed by atoms with Crippen LogP contribution in [0.15, 0.2) is 47.3 Å². The number of fused-ring (bicyclic) bond motifs is 1. The second-order valence-corrected chi connectivity index (χ2v) is 5.88. The highest BCUT2D eigenvalue weighted by atomic mass is 16.2. The van der Waals surface area contributed by atoms with Gasteiger partial charge in [-0.3, -0.25) is 14.2 Å². The molecule has 0 aliphatic rings. The molecule has 24 heavy (non-hydrogen) atoms. The number of amides is 1. The van der Waals surface area contributed by atoms with Crippen molar-refractivity contribution in [1.82, 2.24) is 9.55 Å². The van der Waals surface area contributed by atoms with Crippen molar-refractivity contribution in [3.63, 3.8) is 0 Å². The van der Waals surface area contributed by atoms with Gasteiger partial charge in [0.1, 0.15) is 12.4 Å². The summed E-state index contributed by atoms with van der Waals surface area (Å²) < 4.78 is 1.41. The molecule has 122 valence electrons. The van der Waals surface area contributed by atoms with Gasteiger partial charge >= 0.3 is 0 Å². The highest BCUT2D eigenvalue weighted by molar-refractivity contribution is 5.92. The SMILES string of the molecule is Cc1cccc(C)c1NC(=O)Cn1c(C)nc2ccccc2c1=O. The number of carbonyl (C=O) groups is 1. The monoisotopic (exact) mass is 321 g/mol. The Labute approximate surface area is 140 Å². The number of nitrogens with one attached hydrogen (secondary N) is 1. The summed E-state index contributed by atoms with van der Waals surface area (Å²) in [6, 6.07) is 13.0. The lowest BCUT2D eigenvalue weighted by Crippen LogP contribution is -2.30. The molecule has 3 rings (SSSR count). The van der Waals surface area contributed by atoms with Gasteiger partial charge in [-0.1, -0.05) is 30.3 Å². The molecule has 1 N–H and O–H groups in total. The Hall–Kier alpha value is -2.95. The average Bonchev–Trinajstić information content (AvgIpc) is 2.55. The molecule has 2 aromatic carbocycles. The van der Waals surface area contributed by atoms with Crippen LogP contribution in [0.1, 0.15) is 17.0 Å². The van der Waals surface area contributed by atoms with E-state index in [2.05, 4.69) is 10.3 Å². The van der Waals surface area contributed by atoms with E-state index in [9.17, 15) is 9.59 Å². The second kappa shape index (κ2) is 6.28. The van der Waals surface area contributed by atoms with Gasteiger partial charge in [-0.25, -0.2) is 4.98 Å². The average molecular weight is 321 g/mol. The van der Waals surface area contributed by atoms with Crippen LogP contribution in [0.5, 0.6) is 0 Å². The summed E-state index contributed by atoms with van der Waals surface area (Å²) in [6.07, 6.45) is 0. The molecule has 1 amide bonds. The summed E-state index contributed by atoms with van der Waals surface area (Å²) in [4.78, 5) is 29.5. The minimum absolute atomic E-state index is 0.0593. The number of anilines is 1. The van der Waals surface area contributed by atoms with Crippen molar-refractivity contribution in [2.45, 2.75) is 27.3 Å². The molecular formula is C19H19N3O2. The maximum Gasteiger partial charge on any atom is 0.261 e. The van der Waals surface area contributed by atoms with E-state index in [1.165, 1.54) is 4.57 Å². The number of nitrogens with zero attached hydrogens (tertiary/aromatic N) is 2. The van der Waals surface area contributed by atoms with Gasteiger partial charge in [-0.2, -0.15) is 0 Å². The number of rotatable bonds is 3. The molecular weight excluding hydrogens is 302 g/mol. The molecule has 5 heteroatoms. The van der Waals surface area contributed by atoms with Crippen LogP contribution < -0.4 is 10.9 Å². The summed E-state index contributed by atoms with van der Waals surface area (Å²) in [5.41, 5.74) is 3.22. The highest BCUT2D eigenvalue weighted by Gasteiger charge is 2.13. The maximum atomic E-state index is 12.6. The Bertz CT molecular complexity index is 969. The van der Waals surface area contributed by atoms with Crippen molar-refractivity contribution >= 4 is 22.5 Å². The zero-order chi connectivity index (χ0) is 17.3. The number of carbonyl (C=O) groups excluding carboxylic acids is 1. The Kier molecular flexibility index (Phi) is 4.16. The van der Waals surface area contributed by atoms with Gasteiger partial charge in [0, 0.05) is 5.69 Å². The van der Waals surface area contributed by atoms with E-state index in [4.69, 9.17) is 0 Å². The Morgan fingerprint density at radius 3 is 2.42 bits per heavy atom. The fourth-order valence-electron chi connectivity index (χ4n) is 2.80. The smallest absolute Gasteiger partial charge is 0.261 e. The Morgan fingerprint density at radius 1 is 1.04 bits per heavy atom. The molecule has 0 spiro atoms. The van der Waals surface area contributed by atoms with Crippen LogP contribution in [0.3, 0.4) is 0 Å². The normalized spacial score (nSPS) is 10.8. The number of para-hydroxylation sites is 2. The third-order valence-electron chi connectivity index (χ3n) is 4.10. The van der Waals surface area contributed by atoms with Crippen LogP contribution in [0.25, 0.3) is 10.9 Å². The summed E-state index contributed by atoms with van der Waals surface area (Å²) in [5, 5.41) is 3.42. The van der Waals surface area contributed by atoms with Gasteiger partial charge in [0.15, 0.2) is 0 Å². The third-order valence-corrected chi connectivity index (χ3v) is 4.10. The maximum absolute atomic E-state index is 12.6. The van der Waals surface area contributed by atoms with Crippen molar-refractivity contribution in [3.05, 3.63) is 69.8 Å². The van der Waals surface area contributed by atoms with E-state index in [-0.39, 0.29) is 18.0 Å². The Balaban J connectivity index is 1.93. The van der Waals surface area contributed by atoms with Crippen molar-refractivity contribution < 1.29 is 4.79 Å². The minimum Gasteiger partial charge on any atom is -0.324 e. The van der Waals surface area contributed by atoms with E-state index in [1.54, 1.807) is 25.1 Å². The van der Waals surface area contributed by atoms with Crippen molar-refractivity contribution in [1.29, 1.82) is 0 Å². The lowest BCUT2D eigenvalue weighted by Gasteiger charge is -2.14. The molecule has 0 unspecified atom stereocenters. The first kappa shape index (κ1) is 15.9. The number of hydrogen-bond acceptors (Lipinski definition) is 3. The van der Waals surface area contributed by atoms with Crippen molar-refractivity contribution in [2.24, 2.45) is 0 Å². The molecule has 0 saturated carbocycles. The number of aryl methyl sites for hydroxylation is 3. The first-order valence-corrected chi connectivity index (χ1v) is 7.79. The molecule has 0 aliphatic carbocycles. The first-order valence-electron chi connectivity index (χ1n) is 7.79. The second-order valence-electron chi connectivity index (χ2n) is 5.88. The summed E-state index contributed by atoms with van der Waals surface area (Å²) in [7, 11) is 0. The van der Waals surface area contributed by atoms with Crippen LogP contribution in [0.4, 0.5) is 5.69 Å². The molecule has 1 aromatic heterocycles. The zero-order valence-electron chi connectivity index (χ0n) is 14.0. The van der Waals surface area contributed by atoms with E-state index in [0.29, 0.717) is 16.7 Å². The quantitative estimate of drug-likeness (QED) is 0.806. The summed E-state index contributed by atoms with van der Waals surface area (Å²) in [6.45, 7) is 5.56. The topological polar surface area (TPSA) is 64.0 Å². The minimum atomic E-state index is -0.241. The van der Waals surface area contributed by atoms with Crippen LogP contribution in [0, 0.1) is 20.8 Å². The van der Waals surface area contributed by atoms with Crippen molar-refractivity contribution in [3.8, 4) is 0 Å². The summed E-state index contributed by atoms with van der Waals surface area (Å²) >= 11 is 0. The number of benzene rings is 2. The Morgan fingerprint density at radius 2 is 1.71 bits per heavy atom. The lowest BCUT2D eigenvalue weighted by atomic mass is 10.1. The first-order chi connectivity index (χ1) is 11.5. The van der Waals surface area contributed by atoms with Gasteiger partial charge in [-0.05, 0) is 44.0 Å². The fraction of sp³-hybridized carbons (Fsp3) is 0.211. The number of hydrogen-bond donors (Lipinski definition) is 1. The third kappa shape index (κ3) is 2.93. The molecule has 5 nitrogen and oxygen atoms in total. The van der Waals surface area contributed by atoms with E-state index in [1.807, 2.05) is 38.1 Å². The van der Waals surface area contributed by atoms with Crippen LogP contribution in [-0.2, 0) is 11.3 Å². The molecule has 0 bridgehead atoms. The molecule has 3 aromatic rings. The summed E-state index contributed by atoms with van der Waals surface area (Å²) in [5.74, 6) is 0.282. The van der Waals surface area contributed by atoms with Gasteiger partial charge in [0.25, 0.3) is 5.56 Å². The van der Waals surface area contributed by atoms with Gasteiger partial charge in [-0.15, -0.1) is 0 Å². The molecule has 0 saturated heterocycles. The van der Waals surface area contributed by atoms with Gasteiger partial charge in [0.2, 0.25) is 5.91 Å². The highest BCUT2D eigenvalue weighted by Crippen LogP contribution is 2.19. The van der Waals surface area contributed by atoms with E-state index in [0.717, 1.165) is 16.8 Å². The van der Waals surface area contributed by atoms with Crippen LogP contribution in [-0.4, -0.2) is 15.5 Å². The largest absolute Gasteiger partial charge is 0.324 e. The molecule has 0 aliphatic heterocycles.